The van der Waals surface area contributed by atoms with Gasteiger partial charge in [0, 0.05) is 5.69 Å². The van der Waals surface area contributed by atoms with Crippen molar-refractivity contribution < 1.29 is 23.9 Å². The number of esters is 2. The minimum atomic E-state index is -0.532. The van der Waals surface area contributed by atoms with E-state index in [1.807, 2.05) is 0 Å². The molecule has 2 aromatic carbocycles. The van der Waals surface area contributed by atoms with Gasteiger partial charge in [0.25, 0.3) is 0 Å². The van der Waals surface area contributed by atoms with E-state index in [2.05, 4.69) is 20.1 Å². The molecule has 0 aromatic heterocycles. The summed E-state index contributed by atoms with van der Waals surface area (Å²) in [5.41, 5.74) is 1.51. The van der Waals surface area contributed by atoms with E-state index in [9.17, 15) is 14.4 Å². The van der Waals surface area contributed by atoms with Gasteiger partial charge in [-0.2, -0.15) is 0 Å². The topological polar surface area (TPSA) is 93.7 Å². The normalized spacial score (nSPS) is 9.96. The van der Waals surface area contributed by atoms with Crippen LogP contribution in [0.4, 0.5) is 11.4 Å². The first-order valence-electron chi connectivity index (χ1n) is 7.54. The number of carbonyl (C=O) groups is 3. The number of hydrogen-bond acceptors (Lipinski definition) is 6. The number of benzene rings is 2. The number of carbonyl (C=O) groups excluding carboxylic acids is 3. The minimum absolute atomic E-state index is 0.0661. The van der Waals surface area contributed by atoms with Gasteiger partial charge >= 0.3 is 11.9 Å². The first-order valence-corrected chi connectivity index (χ1v) is 7.92. The Hall–Kier alpha value is -3.06. The molecule has 0 saturated carbocycles. The van der Waals surface area contributed by atoms with Crippen molar-refractivity contribution in [3.63, 3.8) is 0 Å². The molecular formula is C18H17ClN2O5. The number of anilines is 2. The fourth-order valence-electron chi connectivity index (χ4n) is 2.12. The molecule has 136 valence electrons. The standard InChI is InChI=1S/C18H17ClN2O5/c1-25-17(23)11-4-3-5-13(8-11)20-10-16(22)21-15-9-12(18(24)26-2)6-7-14(15)19/h3-9,20H,10H2,1-2H3,(H,21,22). The Balaban J connectivity index is 2.01. The van der Waals surface area contributed by atoms with Crippen molar-refractivity contribution in [2.24, 2.45) is 0 Å². The maximum atomic E-state index is 12.1. The van der Waals surface area contributed by atoms with Crippen molar-refractivity contribution in [1.82, 2.24) is 0 Å². The van der Waals surface area contributed by atoms with E-state index in [0.717, 1.165) is 0 Å². The number of methoxy groups -OCH3 is 2. The van der Waals surface area contributed by atoms with Gasteiger partial charge in [0.1, 0.15) is 0 Å². The molecule has 0 saturated heterocycles. The summed E-state index contributed by atoms with van der Waals surface area (Å²) in [7, 11) is 2.56. The summed E-state index contributed by atoms with van der Waals surface area (Å²) in [6, 6.07) is 11.0. The van der Waals surface area contributed by atoms with Gasteiger partial charge in [0.2, 0.25) is 5.91 Å². The van der Waals surface area contributed by atoms with Crippen LogP contribution in [0.1, 0.15) is 20.7 Å². The van der Waals surface area contributed by atoms with Crippen LogP contribution in [0.2, 0.25) is 5.02 Å². The third-order valence-electron chi connectivity index (χ3n) is 3.40. The zero-order valence-electron chi connectivity index (χ0n) is 14.2. The molecular weight excluding hydrogens is 360 g/mol. The summed E-state index contributed by atoms with van der Waals surface area (Å²) in [6.07, 6.45) is 0. The van der Waals surface area contributed by atoms with Crippen LogP contribution in [0.25, 0.3) is 0 Å². The highest BCUT2D eigenvalue weighted by Gasteiger charge is 2.12. The van der Waals surface area contributed by atoms with Crippen molar-refractivity contribution >= 4 is 40.8 Å². The fourth-order valence-corrected chi connectivity index (χ4v) is 2.28. The van der Waals surface area contributed by atoms with Crippen LogP contribution in [0.15, 0.2) is 42.5 Å². The van der Waals surface area contributed by atoms with Crippen molar-refractivity contribution in [2.75, 3.05) is 31.4 Å². The second kappa shape index (κ2) is 8.87. The van der Waals surface area contributed by atoms with Crippen molar-refractivity contribution in [2.45, 2.75) is 0 Å². The molecule has 7 nitrogen and oxygen atoms in total. The average Bonchev–Trinajstić information content (AvgIpc) is 2.67. The highest BCUT2D eigenvalue weighted by Crippen LogP contribution is 2.23. The van der Waals surface area contributed by atoms with E-state index in [4.69, 9.17) is 11.6 Å². The molecule has 1 amide bonds. The minimum Gasteiger partial charge on any atom is -0.465 e. The highest BCUT2D eigenvalue weighted by atomic mass is 35.5. The smallest absolute Gasteiger partial charge is 0.337 e. The van der Waals surface area contributed by atoms with Crippen LogP contribution in [0, 0.1) is 0 Å². The molecule has 0 radical (unpaired) electrons. The number of ether oxygens (including phenoxy) is 2. The van der Waals surface area contributed by atoms with E-state index in [1.54, 1.807) is 24.3 Å². The maximum absolute atomic E-state index is 12.1. The Morgan fingerprint density at radius 2 is 1.62 bits per heavy atom. The SMILES string of the molecule is COC(=O)c1cccc(NCC(=O)Nc2cc(C(=O)OC)ccc2Cl)c1. The molecule has 26 heavy (non-hydrogen) atoms. The summed E-state index contributed by atoms with van der Waals surface area (Å²) in [5.74, 6) is -1.38. The molecule has 8 heteroatoms. The van der Waals surface area contributed by atoms with Gasteiger partial charge in [0.15, 0.2) is 0 Å². The molecule has 2 N–H and O–H groups in total. The van der Waals surface area contributed by atoms with E-state index < -0.39 is 11.9 Å². The second-order valence-corrected chi connectivity index (χ2v) is 5.57. The Labute approximate surface area is 155 Å². The van der Waals surface area contributed by atoms with Gasteiger partial charge in [0.05, 0.1) is 42.6 Å². The van der Waals surface area contributed by atoms with Gasteiger partial charge in [-0.05, 0) is 36.4 Å². The van der Waals surface area contributed by atoms with Crippen LogP contribution in [0.5, 0.6) is 0 Å². The lowest BCUT2D eigenvalue weighted by molar-refractivity contribution is -0.114. The Bertz CT molecular complexity index is 838. The predicted molar refractivity (Wildman–Crippen MR) is 97.7 cm³/mol. The third kappa shape index (κ3) is 4.97. The van der Waals surface area contributed by atoms with E-state index in [1.165, 1.54) is 32.4 Å². The molecule has 0 spiro atoms. The number of halogens is 1. The molecule has 0 heterocycles. The maximum Gasteiger partial charge on any atom is 0.337 e. The highest BCUT2D eigenvalue weighted by molar-refractivity contribution is 6.33. The van der Waals surface area contributed by atoms with E-state index in [0.29, 0.717) is 22.0 Å². The molecule has 0 atom stereocenters. The predicted octanol–water partition coefficient (Wildman–Crippen LogP) is 2.96. The molecule has 0 aliphatic heterocycles. The summed E-state index contributed by atoms with van der Waals surface area (Å²) in [4.78, 5) is 35.2. The Kier molecular flexibility index (Phi) is 6.57. The summed E-state index contributed by atoms with van der Waals surface area (Å²) >= 11 is 6.04. The van der Waals surface area contributed by atoms with Gasteiger partial charge < -0.3 is 20.1 Å². The largest absolute Gasteiger partial charge is 0.465 e. The average molecular weight is 377 g/mol. The first-order chi connectivity index (χ1) is 12.4. The molecule has 0 aliphatic carbocycles. The molecule has 0 fully saturated rings. The number of nitrogens with one attached hydrogen (secondary N) is 2. The van der Waals surface area contributed by atoms with Crippen LogP contribution in [0.3, 0.4) is 0 Å². The third-order valence-corrected chi connectivity index (χ3v) is 3.73. The summed E-state index contributed by atoms with van der Waals surface area (Å²) in [6.45, 7) is -0.0661. The van der Waals surface area contributed by atoms with Crippen LogP contribution >= 0.6 is 11.6 Å². The van der Waals surface area contributed by atoms with Gasteiger partial charge in [-0.3, -0.25) is 4.79 Å². The fraction of sp³-hybridized carbons (Fsp3) is 0.167. The number of hydrogen-bond donors (Lipinski definition) is 2. The Morgan fingerprint density at radius 1 is 0.962 bits per heavy atom. The van der Waals surface area contributed by atoms with E-state index >= 15 is 0 Å². The lowest BCUT2D eigenvalue weighted by Crippen LogP contribution is -2.22. The van der Waals surface area contributed by atoms with Gasteiger partial charge in [-0.15, -0.1) is 0 Å². The van der Waals surface area contributed by atoms with Crippen molar-refractivity contribution in [3.05, 3.63) is 58.6 Å². The summed E-state index contributed by atoms with van der Waals surface area (Å²) < 4.78 is 9.29. The quantitative estimate of drug-likeness (QED) is 0.753. The second-order valence-electron chi connectivity index (χ2n) is 5.16. The molecule has 2 rings (SSSR count). The van der Waals surface area contributed by atoms with E-state index in [-0.39, 0.29) is 18.0 Å². The summed E-state index contributed by atoms with van der Waals surface area (Å²) in [5, 5.41) is 5.80. The van der Waals surface area contributed by atoms with Gasteiger partial charge in [-0.1, -0.05) is 17.7 Å². The van der Waals surface area contributed by atoms with Gasteiger partial charge in [-0.25, -0.2) is 9.59 Å². The lowest BCUT2D eigenvalue weighted by Gasteiger charge is -2.11. The van der Waals surface area contributed by atoms with Crippen LogP contribution < -0.4 is 10.6 Å². The molecule has 0 aliphatic rings. The zero-order chi connectivity index (χ0) is 19.1. The van der Waals surface area contributed by atoms with Crippen LogP contribution in [-0.2, 0) is 14.3 Å². The number of rotatable bonds is 6. The van der Waals surface area contributed by atoms with Crippen molar-refractivity contribution in [3.8, 4) is 0 Å². The monoisotopic (exact) mass is 376 g/mol. The Morgan fingerprint density at radius 3 is 2.27 bits per heavy atom. The van der Waals surface area contributed by atoms with Crippen molar-refractivity contribution in [1.29, 1.82) is 0 Å². The number of amides is 1. The molecule has 2 aromatic rings. The molecule has 0 bridgehead atoms. The van der Waals surface area contributed by atoms with Crippen LogP contribution in [-0.4, -0.2) is 38.6 Å². The molecule has 0 unspecified atom stereocenters. The lowest BCUT2D eigenvalue weighted by atomic mass is 10.2. The first kappa shape index (κ1) is 19.3. The zero-order valence-corrected chi connectivity index (χ0v) is 14.9.